The Morgan fingerprint density at radius 2 is 1.78 bits per heavy atom. The van der Waals surface area contributed by atoms with Gasteiger partial charge in [0.2, 0.25) is 0 Å². The lowest BCUT2D eigenvalue weighted by Crippen LogP contribution is -2.51. The Morgan fingerprint density at radius 3 is 2.51 bits per heavy atom. The van der Waals surface area contributed by atoms with Crippen LogP contribution in [0.2, 0.25) is 0 Å². The van der Waals surface area contributed by atoms with Crippen molar-refractivity contribution >= 4 is 27.5 Å². The lowest BCUT2D eigenvalue weighted by atomic mass is 9.81. The maximum atomic E-state index is 9.39. The molecule has 1 saturated heterocycles. The second-order valence-corrected chi connectivity index (χ2v) is 10.8. The van der Waals surface area contributed by atoms with Crippen LogP contribution in [-0.4, -0.2) is 53.8 Å². The number of hydrogen-bond acceptors (Lipinski definition) is 5. The number of anilines is 1. The molecular formula is C31H35N5O. The van der Waals surface area contributed by atoms with Crippen LogP contribution >= 0.6 is 0 Å². The van der Waals surface area contributed by atoms with E-state index in [1.165, 1.54) is 53.4 Å². The second-order valence-electron chi connectivity index (χ2n) is 10.8. The first-order chi connectivity index (χ1) is 18.0. The monoisotopic (exact) mass is 493 g/mol. The number of nitrogens with zero attached hydrogens (tertiary/aromatic N) is 5. The topological polar surface area (TPSA) is 57.3 Å². The first-order valence-electron chi connectivity index (χ1n) is 13.5. The van der Waals surface area contributed by atoms with E-state index >= 15 is 0 Å². The van der Waals surface area contributed by atoms with Crippen LogP contribution < -0.4 is 9.64 Å². The molecule has 0 N–H and O–H groups in total. The van der Waals surface area contributed by atoms with Gasteiger partial charge in [0.25, 0.3) is 0 Å². The molecule has 0 atom stereocenters. The fourth-order valence-electron chi connectivity index (χ4n) is 6.57. The number of nitriles is 1. The molecule has 2 aromatic heterocycles. The molecule has 0 spiro atoms. The van der Waals surface area contributed by atoms with Crippen molar-refractivity contribution in [3.05, 3.63) is 65.5 Å². The molecule has 1 saturated carbocycles. The summed E-state index contributed by atoms with van der Waals surface area (Å²) in [4.78, 5) is 9.98. The van der Waals surface area contributed by atoms with E-state index in [9.17, 15) is 5.26 Å². The van der Waals surface area contributed by atoms with E-state index in [0.29, 0.717) is 12.0 Å². The lowest BCUT2D eigenvalue weighted by molar-refractivity contribution is 0.141. The fraction of sp³-hybridized carbons (Fsp3) is 0.419. The molecule has 2 aromatic carbocycles. The molecule has 37 heavy (non-hydrogen) atoms. The smallest absolute Gasteiger partial charge is 0.121 e. The van der Waals surface area contributed by atoms with Crippen molar-refractivity contribution in [1.82, 2.24) is 14.5 Å². The molecule has 6 rings (SSSR count). The van der Waals surface area contributed by atoms with Crippen molar-refractivity contribution < 1.29 is 4.74 Å². The molecule has 6 heteroatoms. The van der Waals surface area contributed by atoms with Crippen molar-refractivity contribution in [2.45, 2.75) is 44.6 Å². The van der Waals surface area contributed by atoms with Crippen LogP contribution in [0.15, 0.2) is 48.8 Å². The molecule has 2 aliphatic rings. The van der Waals surface area contributed by atoms with Gasteiger partial charge in [0.15, 0.2) is 0 Å². The van der Waals surface area contributed by atoms with Gasteiger partial charge in [0.1, 0.15) is 5.75 Å². The van der Waals surface area contributed by atoms with Gasteiger partial charge >= 0.3 is 0 Å². The molecule has 4 aromatic rings. The summed E-state index contributed by atoms with van der Waals surface area (Å²) in [6.45, 7) is 6.28. The third-order valence-electron chi connectivity index (χ3n) is 8.57. The number of hydrogen-bond donors (Lipinski definition) is 0. The van der Waals surface area contributed by atoms with Crippen molar-refractivity contribution in [2.24, 2.45) is 7.05 Å². The highest BCUT2D eigenvalue weighted by Gasteiger charge is 2.30. The van der Waals surface area contributed by atoms with Gasteiger partial charge in [-0.2, -0.15) is 5.26 Å². The fourth-order valence-corrected chi connectivity index (χ4v) is 6.57. The number of ether oxygens (including phenoxy) is 1. The minimum Gasteiger partial charge on any atom is -0.497 e. The van der Waals surface area contributed by atoms with Gasteiger partial charge in [0, 0.05) is 74.0 Å². The molecule has 6 nitrogen and oxygen atoms in total. The largest absolute Gasteiger partial charge is 0.497 e. The van der Waals surface area contributed by atoms with Crippen LogP contribution in [0.3, 0.4) is 0 Å². The van der Waals surface area contributed by atoms with Crippen LogP contribution in [-0.2, 0) is 7.05 Å². The third kappa shape index (κ3) is 4.42. The number of methoxy groups -OCH3 is 1. The Kier molecular flexibility index (Phi) is 6.26. The Morgan fingerprint density at radius 1 is 1.00 bits per heavy atom. The maximum absolute atomic E-state index is 9.39. The maximum Gasteiger partial charge on any atom is 0.121 e. The van der Waals surface area contributed by atoms with Gasteiger partial charge in [-0.1, -0.05) is 0 Å². The van der Waals surface area contributed by atoms with Crippen LogP contribution in [0, 0.1) is 18.3 Å². The molecule has 0 radical (unpaired) electrons. The highest BCUT2D eigenvalue weighted by molar-refractivity contribution is 5.93. The number of benzene rings is 2. The Hall–Kier alpha value is -3.56. The van der Waals surface area contributed by atoms with Gasteiger partial charge in [-0.25, -0.2) is 0 Å². The highest BCUT2D eigenvalue weighted by Crippen LogP contribution is 2.39. The van der Waals surface area contributed by atoms with Crippen LogP contribution in [0.4, 0.5) is 5.69 Å². The van der Waals surface area contributed by atoms with Gasteiger partial charge in [-0.15, -0.1) is 0 Å². The molecule has 1 aliphatic heterocycles. The third-order valence-corrected chi connectivity index (χ3v) is 8.57. The van der Waals surface area contributed by atoms with E-state index in [2.05, 4.69) is 70.9 Å². The molecule has 3 heterocycles. The summed E-state index contributed by atoms with van der Waals surface area (Å²) in [7, 11) is 3.86. The van der Waals surface area contributed by atoms with E-state index in [-0.39, 0.29) is 0 Å². The van der Waals surface area contributed by atoms with Crippen molar-refractivity contribution in [3.8, 4) is 11.8 Å². The zero-order valence-electron chi connectivity index (χ0n) is 22.1. The van der Waals surface area contributed by atoms with Crippen LogP contribution in [0.1, 0.15) is 48.3 Å². The lowest BCUT2D eigenvalue weighted by Gasteiger charge is -2.42. The molecule has 0 bridgehead atoms. The summed E-state index contributed by atoms with van der Waals surface area (Å²) in [6, 6.07) is 15.5. The van der Waals surface area contributed by atoms with E-state index in [4.69, 9.17) is 9.72 Å². The standard InChI is InChI=1S/C31H35N5O/c1-21-14-24-16-26(37-3)17-30(31(24)33-19-21)36-12-10-35(11-13-36)25-7-5-23(6-8-25)28-20-34(2)29-9-4-22(18-32)15-27(28)29/h4,9,14-17,19-20,23,25H,5-8,10-13H2,1-3H3. The summed E-state index contributed by atoms with van der Waals surface area (Å²) >= 11 is 0. The highest BCUT2D eigenvalue weighted by atomic mass is 16.5. The first kappa shape index (κ1) is 23.8. The SMILES string of the molecule is COc1cc(N2CCN(C3CCC(c4cn(C)c5ccc(C#N)cc45)CC3)CC2)c2ncc(C)cc2c1. The van der Waals surface area contributed by atoms with E-state index in [0.717, 1.165) is 48.4 Å². The molecule has 1 aliphatic carbocycles. The number of aromatic nitrogens is 2. The molecule has 190 valence electrons. The Balaban J connectivity index is 1.12. The number of rotatable bonds is 4. The van der Waals surface area contributed by atoms with E-state index in [1.807, 2.05) is 12.3 Å². The Bertz CT molecular complexity index is 1480. The molecular weight excluding hydrogens is 458 g/mol. The average molecular weight is 494 g/mol. The van der Waals surface area contributed by atoms with E-state index < -0.39 is 0 Å². The van der Waals surface area contributed by atoms with Gasteiger partial charge < -0.3 is 14.2 Å². The van der Waals surface area contributed by atoms with Crippen LogP contribution in [0.5, 0.6) is 5.75 Å². The summed E-state index contributed by atoms with van der Waals surface area (Å²) in [5, 5.41) is 11.8. The summed E-state index contributed by atoms with van der Waals surface area (Å²) in [5.41, 5.74) is 6.81. The Labute approximate surface area is 219 Å². The molecule has 2 fully saturated rings. The number of aryl methyl sites for hydroxylation is 2. The van der Waals surface area contributed by atoms with Crippen molar-refractivity contribution in [2.75, 3.05) is 38.2 Å². The summed E-state index contributed by atoms with van der Waals surface area (Å²) in [6.07, 6.45) is 9.16. The van der Waals surface area contributed by atoms with E-state index in [1.54, 1.807) is 7.11 Å². The van der Waals surface area contributed by atoms with Crippen molar-refractivity contribution in [1.29, 1.82) is 5.26 Å². The molecule has 0 unspecified atom stereocenters. The van der Waals surface area contributed by atoms with Crippen LogP contribution in [0.25, 0.3) is 21.8 Å². The average Bonchev–Trinajstić information content (AvgIpc) is 3.27. The predicted molar refractivity (Wildman–Crippen MR) is 149 cm³/mol. The number of piperazine rings is 1. The van der Waals surface area contributed by atoms with Gasteiger partial charge in [-0.05, 0) is 80.0 Å². The quantitative estimate of drug-likeness (QED) is 0.362. The molecule has 0 amide bonds. The normalized spacial score (nSPS) is 20.9. The first-order valence-corrected chi connectivity index (χ1v) is 13.5. The second kappa shape index (κ2) is 9.72. The number of fused-ring (bicyclic) bond motifs is 2. The number of pyridine rings is 1. The van der Waals surface area contributed by atoms with Gasteiger partial charge in [0.05, 0.1) is 29.9 Å². The zero-order chi connectivity index (χ0) is 25.5. The zero-order valence-corrected chi connectivity index (χ0v) is 22.1. The minimum atomic E-state index is 0.577. The van der Waals surface area contributed by atoms with Crippen molar-refractivity contribution in [3.63, 3.8) is 0 Å². The summed E-state index contributed by atoms with van der Waals surface area (Å²) in [5.74, 6) is 1.47. The van der Waals surface area contributed by atoms with Gasteiger partial charge in [-0.3, -0.25) is 9.88 Å². The minimum absolute atomic E-state index is 0.577. The predicted octanol–water partition coefficient (Wildman–Crippen LogP) is 5.76. The summed E-state index contributed by atoms with van der Waals surface area (Å²) < 4.78 is 7.83.